The first-order valence-electron chi connectivity index (χ1n) is 9.83. The van der Waals surface area contributed by atoms with Crippen molar-refractivity contribution in [2.24, 2.45) is 17.8 Å². The molecule has 0 unspecified atom stereocenters. The summed E-state index contributed by atoms with van der Waals surface area (Å²) >= 11 is 0. The second-order valence-corrected chi connectivity index (χ2v) is 8.17. The van der Waals surface area contributed by atoms with Gasteiger partial charge in [0.05, 0.1) is 12.2 Å². The Morgan fingerprint density at radius 1 is 1.14 bits per heavy atom. The number of guanidine groups is 1. The van der Waals surface area contributed by atoms with Gasteiger partial charge in [-0.15, -0.1) is 0 Å². The fourth-order valence-electron chi connectivity index (χ4n) is 3.20. The molecule has 0 bridgehead atoms. The van der Waals surface area contributed by atoms with Crippen molar-refractivity contribution < 1.29 is 9.53 Å². The van der Waals surface area contributed by atoms with Crippen LogP contribution in [0, 0.1) is 0 Å². The van der Waals surface area contributed by atoms with Crippen molar-refractivity contribution in [2.75, 3.05) is 26.2 Å². The number of amides is 1. The predicted molar refractivity (Wildman–Crippen MR) is 113 cm³/mol. The lowest BCUT2D eigenvalue weighted by Gasteiger charge is -2.36. The maximum Gasteiger partial charge on any atom is 0.410 e. The topological polar surface area (TPSA) is 89.0 Å². The van der Waals surface area contributed by atoms with Crippen LogP contribution in [0.15, 0.2) is 41.5 Å². The Morgan fingerprint density at radius 2 is 1.76 bits per heavy atom. The van der Waals surface area contributed by atoms with Gasteiger partial charge in [-0.3, -0.25) is 4.68 Å². The van der Waals surface area contributed by atoms with Crippen LogP contribution in [0.5, 0.6) is 0 Å². The smallest absolute Gasteiger partial charge is 0.410 e. The molecule has 1 amide bonds. The van der Waals surface area contributed by atoms with E-state index in [2.05, 4.69) is 10.1 Å². The highest BCUT2D eigenvalue weighted by molar-refractivity contribution is 5.79. The third kappa shape index (κ3) is 5.49. The van der Waals surface area contributed by atoms with E-state index in [1.807, 2.05) is 69.2 Å². The number of aryl methyl sites for hydroxylation is 1. The molecule has 2 heterocycles. The van der Waals surface area contributed by atoms with Crippen LogP contribution >= 0.6 is 0 Å². The zero-order chi connectivity index (χ0) is 21.0. The van der Waals surface area contributed by atoms with Gasteiger partial charge in [-0.05, 0) is 20.8 Å². The van der Waals surface area contributed by atoms with E-state index in [4.69, 9.17) is 10.5 Å². The average Bonchev–Trinajstić information content (AvgIpc) is 3.06. The number of carbonyl (C=O) groups excluding carboxylic acids is 1. The van der Waals surface area contributed by atoms with Crippen LogP contribution in [0.25, 0.3) is 11.3 Å². The van der Waals surface area contributed by atoms with E-state index < -0.39 is 5.60 Å². The number of nitrogens with two attached hydrogens (primary N) is 1. The summed E-state index contributed by atoms with van der Waals surface area (Å²) in [4.78, 5) is 20.5. The fraction of sp³-hybridized carbons (Fsp3) is 0.476. The van der Waals surface area contributed by atoms with Crippen LogP contribution in [0.2, 0.25) is 0 Å². The van der Waals surface area contributed by atoms with Crippen molar-refractivity contribution in [1.29, 1.82) is 0 Å². The highest BCUT2D eigenvalue weighted by Crippen LogP contribution is 2.22. The number of aromatic nitrogens is 2. The zero-order valence-corrected chi connectivity index (χ0v) is 17.6. The molecule has 2 aromatic rings. The molecule has 0 aliphatic carbocycles. The summed E-state index contributed by atoms with van der Waals surface area (Å²) in [6.07, 6.45) is 1.69. The lowest BCUT2D eigenvalue weighted by molar-refractivity contribution is 0.0186. The first-order chi connectivity index (χ1) is 13.7. The maximum absolute atomic E-state index is 12.2. The summed E-state index contributed by atoms with van der Waals surface area (Å²) in [5.41, 5.74) is 8.73. The van der Waals surface area contributed by atoms with Gasteiger partial charge in [0.25, 0.3) is 0 Å². The lowest BCUT2D eigenvalue weighted by Crippen LogP contribution is -2.53. The molecule has 2 N–H and O–H groups in total. The molecule has 3 rings (SSSR count). The van der Waals surface area contributed by atoms with Gasteiger partial charge in [-0.25, -0.2) is 9.79 Å². The molecule has 1 aromatic heterocycles. The average molecular weight is 399 g/mol. The normalized spacial score (nSPS) is 15.5. The van der Waals surface area contributed by atoms with E-state index in [0.29, 0.717) is 38.7 Å². The summed E-state index contributed by atoms with van der Waals surface area (Å²) in [6.45, 7) is 8.45. The molecule has 0 atom stereocenters. The predicted octanol–water partition coefficient (Wildman–Crippen LogP) is 2.45. The van der Waals surface area contributed by atoms with Crippen LogP contribution in [-0.2, 0) is 18.3 Å². The summed E-state index contributed by atoms with van der Waals surface area (Å²) in [6, 6.07) is 10.0. The monoisotopic (exact) mass is 398 g/mol. The van der Waals surface area contributed by atoms with E-state index in [1.54, 1.807) is 9.58 Å². The van der Waals surface area contributed by atoms with Crippen molar-refractivity contribution in [3.63, 3.8) is 0 Å². The number of benzene rings is 1. The van der Waals surface area contributed by atoms with Crippen LogP contribution in [0.3, 0.4) is 0 Å². The molecule has 1 saturated heterocycles. The Morgan fingerprint density at radius 3 is 2.38 bits per heavy atom. The lowest BCUT2D eigenvalue weighted by atomic mass is 10.1. The minimum absolute atomic E-state index is 0.282. The van der Waals surface area contributed by atoms with E-state index >= 15 is 0 Å². The largest absolute Gasteiger partial charge is 0.444 e. The fourth-order valence-corrected chi connectivity index (χ4v) is 3.20. The Balaban J connectivity index is 1.60. The number of rotatable bonds is 3. The van der Waals surface area contributed by atoms with Gasteiger partial charge in [0, 0.05) is 50.6 Å². The number of hydrogen-bond donors (Lipinski definition) is 1. The number of carbonyl (C=O) groups is 1. The summed E-state index contributed by atoms with van der Waals surface area (Å²) in [5, 5.41) is 4.56. The van der Waals surface area contributed by atoms with Crippen molar-refractivity contribution in [3.05, 3.63) is 42.1 Å². The first-order valence-corrected chi connectivity index (χ1v) is 9.83. The molecule has 0 radical (unpaired) electrons. The molecule has 1 aliphatic heterocycles. The summed E-state index contributed by atoms with van der Waals surface area (Å²) in [7, 11) is 1.90. The first kappa shape index (κ1) is 20.7. The highest BCUT2D eigenvalue weighted by Gasteiger charge is 2.26. The van der Waals surface area contributed by atoms with Crippen molar-refractivity contribution in [3.8, 4) is 11.3 Å². The highest BCUT2D eigenvalue weighted by atomic mass is 16.6. The Kier molecular flexibility index (Phi) is 6.10. The van der Waals surface area contributed by atoms with E-state index in [1.165, 1.54) is 0 Å². The summed E-state index contributed by atoms with van der Waals surface area (Å²) in [5.74, 6) is 0.483. The van der Waals surface area contributed by atoms with Crippen molar-refractivity contribution in [2.45, 2.75) is 32.9 Å². The third-order valence-electron chi connectivity index (χ3n) is 4.62. The molecular formula is C21H30N6O2. The molecule has 1 aromatic carbocycles. The van der Waals surface area contributed by atoms with Gasteiger partial charge in [0.2, 0.25) is 0 Å². The van der Waals surface area contributed by atoms with Gasteiger partial charge in [-0.1, -0.05) is 30.3 Å². The molecule has 1 aliphatic rings. The number of hydrogen-bond acceptors (Lipinski definition) is 4. The van der Waals surface area contributed by atoms with Crippen LogP contribution in [-0.4, -0.2) is 63.4 Å². The van der Waals surface area contributed by atoms with Gasteiger partial charge < -0.3 is 20.3 Å². The molecular weight excluding hydrogens is 368 g/mol. The standard InChI is InChI=1S/C21H30N6O2/c1-21(2,3)29-20(28)27-12-10-26(11-13-27)19(22)23-14-17-15-25(4)24-18(17)16-8-6-5-7-9-16/h5-9,15H,10-14H2,1-4H3,(H2,22,23). The van der Waals surface area contributed by atoms with E-state index in [9.17, 15) is 4.79 Å². The second kappa shape index (κ2) is 8.55. The summed E-state index contributed by atoms with van der Waals surface area (Å²) < 4.78 is 7.23. The zero-order valence-electron chi connectivity index (χ0n) is 17.6. The van der Waals surface area contributed by atoms with E-state index in [0.717, 1.165) is 16.8 Å². The van der Waals surface area contributed by atoms with Gasteiger partial charge in [-0.2, -0.15) is 5.10 Å². The molecule has 156 valence electrons. The van der Waals surface area contributed by atoms with E-state index in [-0.39, 0.29) is 6.09 Å². The minimum atomic E-state index is -0.491. The Labute approximate surface area is 171 Å². The Hall–Kier alpha value is -3.03. The number of ether oxygens (including phenoxy) is 1. The Bertz CT molecular complexity index is 861. The number of nitrogens with zero attached hydrogens (tertiary/aromatic N) is 5. The third-order valence-corrected chi connectivity index (χ3v) is 4.62. The van der Waals surface area contributed by atoms with Crippen LogP contribution < -0.4 is 5.73 Å². The SMILES string of the molecule is Cn1cc(CN=C(N)N2CCN(C(=O)OC(C)(C)C)CC2)c(-c2ccccc2)n1. The molecule has 8 nitrogen and oxygen atoms in total. The molecule has 1 fully saturated rings. The van der Waals surface area contributed by atoms with Gasteiger partial charge in [0.15, 0.2) is 5.96 Å². The number of piperazine rings is 1. The van der Waals surface area contributed by atoms with Crippen molar-refractivity contribution >= 4 is 12.1 Å². The maximum atomic E-state index is 12.2. The molecule has 0 spiro atoms. The number of aliphatic imine (C=N–C) groups is 1. The molecule has 29 heavy (non-hydrogen) atoms. The van der Waals surface area contributed by atoms with Crippen molar-refractivity contribution in [1.82, 2.24) is 19.6 Å². The van der Waals surface area contributed by atoms with Crippen LogP contribution in [0.1, 0.15) is 26.3 Å². The van der Waals surface area contributed by atoms with Gasteiger partial charge in [0.1, 0.15) is 5.60 Å². The molecule has 0 saturated carbocycles. The molecule has 8 heteroatoms. The van der Waals surface area contributed by atoms with Crippen LogP contribution in [0.4, 0.5) is 4.79 Å². The van der Waals surface area contributed by atoms with Gasteiger partial charge >= 0.3 is 6.09 Å². The minimum Gasteiger partial charge on any atom is -0.444 e. The second-order valence-electron chi connectivity index (χ2n) is 8.17. The quantitative estimate of drug-likeness (QED) is 0.634.